The highest BCUT2D eigenvalue weighted by Gasteiger charge is 2.36. The lowest BCUT2D eigenvalue weighted by molar-refractivity contribution is -0.120. The molecule has 4 nitrogen and oxygen atoms in total. The van der Waals surface area contributed by atoms with Crippen LogP contribution in [-0.2, 0) is 21.2 Å². The summed E-state index contributed by atoms with van der Waals surface area (Å²) in [5.41, 5.74) is 1.61. The van der Waals surface area contributed by atoms with E-state index in [-0.39, 0.29) is 0 Å². The van der Waals surface area contributed by atoms with E-state index in [1.807, 2.05) is 12.1 Å². The summed E-state index contributed by atoms with van der Waals surface area (Å²) in [4.78, 5) is 11.9. The monoisotopic (exact) mass is 351 g/mol. The Morgan fingerprint density at radius 2 is 1.65 bits per heavy atom. The molecule has 1 atom stereocenters. The predicted molar refractivity (Wildman–Crippen MR) is 81.4 cm³/mol. The Kier molecular flexibility index (Phi) is 6.21. The summed E-state index contributed by atoms with van der Waals surface area (Å²) in [6, 6.07) is 7.00. The van der Waals surface area contributed by atoms with Crippen molar-refractivity contribution in [2.24, 2.45) is 5.92 Å². The molecule has 0 aliphatic rings. The maximum absolute atomic E-state index is 12.1. The van der Waals surface area contributed by atoms with Crippen LogP contribution in [0.1, 0.15) is 37.8 Å². The van der Waals surface area contributed by atoms with Gasteiger partial charge in [0.15, 0.2) is 5.75 Å². The van der Waals surface area contributed by atoms with Crippen molar-refractivity contribution in [1.29, 1.82) is 0 Å². The number of halogens is 3. The minimum atomic E-state index is -4.89. The van der Waals surface area contributed by atoms with E-state index in [0.717, 1.165) is 12.0 Å². The molecule has 1 aromatic rings. The molecule has 23 heavy (non-hydrogen) atoms. The van der Waals surface area contributed by atoms with E-state index in [9.17, 15) is 26.4 Å². The molecule has 0 heterocycles. The molecule has 0 saturated heterocycles. The number of hydrogen-bond acceptors (Lipinski definition) is 3. The van der Waals surface area contributed by atoms with Crippen molar-refractivity contribution in [1.82, 2.24) is 4.72 Å². The van der Waals surface area contributed by atoms with Gasteiger partial charge in [0.25, 0.3) is 0 Å². The second-order valence-corrected chi connectivity index (χ2v) is 7.62. The molecule has 130 valence electrons. The molecule has 8 heteroatoms. The predicted octanol–water partition coefficient (Wildman–Crippen LogP) is 3.00. The van der Waals surface area contributed by atoms with Crippen LogP contribution in [0, 0.1) is 5.92 Å². The number of rotatable bonds is 6. The number of carbonyl (C=O) groups excluding carboxylic acids is 1. The molecule has 0 bridgehead atoms. The number of alkyl halides is 3. The average Bonchev–Trinajstić information content (AvgIpc) is 2.34. The molecule has 0 aliphatic carbocycles. The third-order valence-corrected chi connectivity index (χ3v) is 4.35. The van der Waals surface area contributed by atoms with Gasteiger partial charge in [-0.1, -0.05) is 38.1 Å². The van der Waals surface area contributed by atoms with Crippen LogP contribution in [0.5, 0.6) is 0 Å². The maximum Gasteiger partial charge on any atom is 0.404 e. The van der Waals surface area contributed by atoms with E-state index in [1.165, 1.54) is 11.6 Å². The van der Waals surface area contributed by atoms with Gasteiger partial charge in [0.2, 0.25) is 15.9 Å². The van der Waals surface area contributed by atoms with Crippen LogP contribution >= 0.6 is 0 Å². The molecule has 1 N–H and O–H groups in total. The van der Waals surface area contributed by atoms with Crippen LogP contribution in [0.3, 0.4) is 0 Å². The molecule has 0 aromatic heterocycles. The summed E-state index contributed by atoms with van der Waals surface area (Å²) in [5, 5.41) is 0. The van der Waals surface area contributed by atoms with Gasteiger partial charge in [-0.15, -0.1) is 0 Å². The highest BCUT2D eigenvalue weighted by Crippen LogP contribution is 2.20. The van der Waals surface area contributed by atoms with Crippen molar-refractivity contribution >= 4 is 15.9 Å². The fourth-order valence-electron chi connectivity index (χ4n) is 2.06. The molecule has 0 saturated carbocycles. The lowest BCUT2D eigenvalue weighted by Crippen LogP contribution is -2.39. The van der Waals surface area contributed by atoms with Crippen molar-refractivity contribution < 1.29 is 26.4 Å². The molecule has 1 rings (SSSR count). The second kappa shape index (κ2) is 7.33. The van der Waals surface area contributed by atoms with Gasteiger partial charge in [0.1, 0.15) is 0 Å². The summed E-state index contributed by atoms with van der Waals surface area (Å²) in [6.45, 7) is 5.57. The standard InChI is InChI=1S/C15H20F3NO3S/c1-10(2)8-12-4-6-13(7-5-12)11(3)14(20)19-23(21,22)9-15(16,17)18/h4-7,10-11H,8-9H2,1-3H3,(H,19,20)/t11-/m1/s1. The second-order valence-electron chi connectivity index (χ2n) is 5.90. The van der Waals surface area contributed by atoms with E-state index in [2.05, 4.69) is 13.8 Å². The van der Waals surface area contributed by atoms with Crippen LogP contribution in [0.4, 0.5) is 13.2 Å². The highest BCUT2D eigenvalue weighted by atomic mass is 32.2. The third kappa shape index (κ3) is 7.02. The number of hydrogen-bond donors (Lipinski definition) is 1. The molecular weight excluding hydrogens is 331 g/mol. The fourth-order valence-corrected chi connectivity index (χ4v) is 3.04. The summed E-state index contributed by atoms with van der Waals surface area (Å²) in [5.74, 6) is -3.46. The Morgan fingerprint density at radius 3 is 2.09 bits per heavy atom. The SMILES string of the molecule is CC(C)Cc1ccc([C@@H](C)C(=O)NS(=O)(=O)CC(F)(F)F)cc1. The minimum Gasteiger partial charge on any atom is -0.273 e. The Labute approximate surface area is 134 Å². The van der Waals surface area contributed by atoms with Gasteiger partial charge >= 0.3 is 6.18 Å². The Hall–Kier alpha value is -1.57. The normalized spacial score (nSPS) is 13.9. The zero-order valence-electron chi connectivity index (χ0n) is 13.1. The van der Waals surface area contributed by atoms with Crippen molar-refractivity contribution in [3.05, 3.63) is 35.4 Å². The van der Waals surface area contributed by atoms with Crippen molar-refractivity contribution in [2.75, 3.05) is 5.75 Å². The van der Waals surface area contributed by atoms with E-state index in [4.69, 9.17) is 0 Å². The first-order valence-electron chi connectivity index (χ1n) is 7.09. The van der Waals surface area contributed by atoms with Crippen LogP contribution in [0.15, 0.2) is 24.3 Å². The van der Waals surface area contributed by atoms with Crippen LogP contribution in [0.25, 0.3) is 0 Å². The summed E-state index contributed by atoms with van der Waals surface area (Å²) >= 11 is 0. The number of nitrogens with one attached hydrogen (secondary N) is 1. The first-order chi connectivity index (χ1) is 10.4. The molecule has 0 radical (unpaired) electrons. The van der Waals surface area contributed by atoms with Gasteiger partial charge in [-0.25, -0.2) is 8.42 Å². The molecule has 0 unspecified atom stereocenters. The largest absolute Gasteiger partial charge is 0.404 e. The quantitative estimate of drug-likeness (QED) is 0.857. The number of amides is 1. The molecule has 0 aliphatic heterocycles. The lowest BCUT2D eigenvalue weighted by atomic mass is 9.96. The lowest BCUT2D eigenvalue weighted by Gasteiger charge is -2.14. The first kappa shape index (κ1) is 19.5. The van der Waals surface area contributed by atoms with Gasteiger partial charge < -0.3 is 0 Å². The number of benzene rings is 1. The number of sulfonamides is 1. The maximum atomic E-state index is 12.1. The van der Waals surface area contributed by atoms with Gasteiger partial charge in [0.05, 0.1) is 5.92 Å². The van der Waals surface area contributed by atoms with E-state index in [0.29, 0.717) is 11.5 Å². The Morgan fingerprint density at radius 1 is 1.13 bits per heavy atom. The molecule has 1 amide bonds. The first-order valence-corrected chi connectivity index (χ1v) is 8.75. The molecule has 1 aromatic carbocycles. The molecular formula is C15H20F3NO3S. The summed E-state index contributed by atoms with van der Waals surface area (Å²) in [7, 11) is -4.74. The van der Waals surface area contributed by atoms with Crippen molar-refractivity contribution in [3.8, 4) is 0 Å². The topological polar surface area (TPSA) is 63.2 Å². The average molecular weight is 351 g/mol. The Balaban J connectivity index is 2.77. The van der Waals surface area contributed by atoms with Gasteiger partial charge in [-0.05, 0) is 30.4 Å². The van der Waals surface area contributed by atoms with Crippen molar-refractivity contribution in [2.45, 2.75) is 39.3 Å². The summed E-state index contributed by atoms with van der Waals surface area (Å²) in [6.07, 6.45) is -4.03. The molecule has 0 spiro atoms. The van der Waals surface area contributed by atoms with Crippen LogP contribution in [0.2, 0.25) is 0 Å². The van der Waals surface area contributed by atoms with Crippen LogP contribution < -0.4 is 4.72 Å². The summed E-state index contributed by atoms with van der Waals surface area (Å²) < 4.78 is 60.5. The fraction of sp³-hybridized carbons (Fsp3) is 0.533. The van der Waals surface area contributed by atoms with Gasteiger partial charge in [0, 0.05) is 0 Å². The van der Waals surface area contributed by atoms with Gasteiger partial charge in [-0.2, -0.15) is 13.2 Å². The van der Waals surface area contributed by atoms with Gasteiger partial charge in [-0.3, -0.25) is 9.52 Å². The minimum absolute atomic E-state index is 0.467. The Bertz CT molecular complexity index is 637. The molecule has 0 fully saturated rings. The van der Waals surface area contributed by atoms with Crippen LogP contribution in [-0.4, -0.2) is 26.3 Å². The van der Waals surface area contributed by atoms with Crippen molar-refractivity contribution in [3.63, 3.8) is 0 Å². The smallest absolute Gasteiger partial charge is 0.273 e. The zero-order valence-corrected chi connectivity index (χ0v) is 14.0. The zero-order chi connectivity index (χ0) is 17.8. The highest BCUT2D eigenvalue weighted by molar-refractivity contribution is 7.90. The van der Waals surface area contributed by atoms with E-state index < -0.39 is 33.8 Å². The van der Waals surface area contributed by atoms with E-state index >= 15 is 0 Å². The van der Waals surface area contributed by atoms with E-state index in [1.54, 1.807) is 12.1 Å². The third-order valence-electron chi connectivity index (χ3n) is 3.13. The number of carbonyl (C=O) groups is 1.